The summed E-state index contributed by atoms with van der Waals surface area (Å²) in [6, 6.07) is 6.41. The van der Waals surface area contributed by atoms with Gasteiger partial charge >= 0.3 is 5.97 Å². The van der Waals surface area contributed by atoms with Crippen molar-refractivity contribution in [2.75, 3.05) is 25.6 Å². The fraction of sp³-hybridized carbons (Fsp3) is 0.321. The third-order valence-electron chi connectivity index (χ3n) is 5.81. The number of aromatic nitrogens is 1. The van der Waals surface area contributed by atoms with Gasteiger partial charge in [0.2, 0.25) is 0 Å². The molecule has 0 saturated heterocycles. The van der Waals surface area contributed by atoms with Crippen LogP contribution in [0.25, 0.3) is 17.3 Å². The minimum Gasteiger partial charge on any atom is -0.478 e. The van der Waals surface area contributed by atoms with Crippen LogP contribution in [0.15, 0.2) is 41.3 Å². The molecule has 39 heavy (non-hydrogen) atoms. The molecule has 0 saturated carbocycles. The Morgan fingerprint density at radius 3 is 2.49 bits per heavy atom. The minimum atomic E-state index is -1.33. The maximum absolute atomic E-state index is 15.5. The van der Waals surface area contributed by atoms with Crippen LogP contribution in [0, 0.1) is 23.4 Å². The van der Waals surface area contributed by atoms with Crippen LogP contribution in [0.1, 0.15) is 54.8 Å². The van der Waals surface area contributed by atoms with E-state index in [-0.39, 0.29) is 34.1 Å². The molecular weight excluding hydrogens is 533 g/mol. The molecule has 0 fully saturated rings. The lowest BCUT2D eigenvalue weighted by atomic mass is 10.0. The van der Waals surface area contributed by atoms with E-state index in [1.165, 1.54) is 14.0 Å². The van der Waals surface area contributed by atoms with E-state index in [2.05, 4.69) is 24.1 Å². The van der Waals surface area contributed by atoms with E-state index in [4.69, 9.17) is 14.6 Å². The van der Waals surface area contributed by atoms with E-state index < -0.39 is 41.0 Å². The highest BCUT2D eigenvalue weighted by Crippen LogP contribution is 2.32. The lowest BCUT2D eigenvalue weighted by Crippen LogP contribution is -2.14. The average Bonchev–Trinajstić information content (AvgIpc) is 3.34. The molecule has 11 heteroatoms. The monoisotopic (exact) mass is 562 g/mol. The number of carboxylic acid groups (broad SMARTS) is 1. The number of nitrogens with one attached hydrogen (secondary N) is 1. The van der Waals surface area contributed by atoms with Crippen molar-refractivity contribution < 1.29 is 37.3 Å². The van der Waals surface area contributed by atoms with Crippen LogP contribution in [0.5, 0.6) is 0 Å². The number of anilines is 1. The van der Waals surface area contributed by atoms with Gasteiger partial charge in [0.25, 0.3) is 5.91 Å². The van der Waals surface area contributed by atoms with E-state index in [1.54, 1.807) is 23.6 Å². The Hall–Kier alpha value is -3.54. The smallest absolute Gasteiger partial charge is 0.331 e. The predicted octanol–water partition coefficient (Wildman–Crippen LogP) is 6.72. The molecule has 2 aromatic carbocycles. The maximum Gasteiger partial charge on any atom is 0.331 e. The Bertz CT molecular complexity index is 1350. The van der Waals surface area contributed by atoms with Gasteiger partial charge < -0.3 is 14.6 Å². The van der Waals surface area contributed by atoms with Crippen LogP contribution in [-0.2, 0) is 14.3 Å². The number of ether oxygens (including phenoxy) is 2. The van der Waals surface area contributed by atoms with Gasteiger partial charge in [-0.2, -0.15) is 0 Å². The summed E-state index contributed by atoms with van der Waals surface area (Å²) in [7, 11) is 1.47. The minimum absolute atomic E-state index is 0.0895. The summed E-state index contributed by atoms with van der Waals surface area (Å²) >= 11 is 1.01. The van der Waals surface area contributed by atoms with Crippen molar-refractivity contribution in [2.24, 2.45) is 5.92 Å². The van der Waals surface area contributed by atoms with Gasteiger partial charge in [0, 0.05) is 46.9 Å². The molecule has 7 nitrogen and oxygen atoms in total. The Morgan fingerprint density at radius 2 is 1.87 bits per heavy atom. The molecule has 0 aliphatic heterocycles. The number of aliphatic carboxylic acids is 1. The number of nitrogens with zero attached hydrogens (tertiary/aromatic N) is 1. The molecule has 1 unspecified atom stereocenters. The largest absolute Gasteiger partial charge is 0.478 e. The van der Waals surface area contributed by atoms with Gasteiger partial charge in [-0.25, -0.2) is 22.9 Å². The van der Waals surface area contributed by atoms with E-state index in [0.717, 1.165) is 36.0 Å². The van der Waals surface area contributed by atoms with E-state index in [0.29, 0.717) is 18.1 Å². The third-order valence-corrected chi connectivity index (χ3v) is 6.57. The summed E-state index contributed by atoms with van der Waals surface area (Å²) in [5.74, 6) is -4.42. The Morgan fingerprint density at radius 1 is 1.18 bits per heavy atom. The number of carboxylic acids is 1. The van der Waals surface area contributed by atoms with Crippen molar-refractivity contribution in [1.82, 2.24) is 4.98 Å². The molecule has 2 N–H and O–H groups in total. The number of carbonyl (C=O) groups is 2. The van der Waals surface area contributed by atoms with Crippen molar-refractivity contribution in [3.8, 4) is 11.3 Å². The van der Waals surface area contributed by atoms with Gasteiger partial charge in [-0.1, -0.05) is 26.0 Å². The lowest BCUT2D eigenvalue weighted by molar-refractivity contribution is -0.132. The quantitative estimate of drug-likeness (QED) is 0.188. The number of methoxy groups -OCH3 is 1. The van der Waals surface area contributed by atoms with Crippen LogP contribution in [0.4, 0.5) is 18.3 Å². The predicted molar refractivity (Wildman–Crippen MR) is 143 cm³/mol. The zero-order valence-electron chi connectivity index (χ0n) is 21.9. The van der Waals surface area contributed by atoms with Crippen molar-refractivity contribution >= 4 is 34.4 Å². The summed E-state index contributed by atoms with van der Waals surface area (Å²) in [5.41, 5.74) is -0.426. The Labute approximate surface area is 228 Å². The average molecular weight is 563 g/mol. The van der Waals surface area contributed by atoms with E-state index >= 15 is 4.39 Å². The molecular formula is C28H29F3N2O5S. The molecule has 1 amide bonds. The highest BCUT2D eigenvalue weighted by Gasteiger charge is 2.21. The van der Waals surface area contributed by atoms with E-state index in [1.807, 2.05) is 0 Å². The van der Waals surface area contributed by atoms with Crippen molar-refractivity contribution in [3.63, 3.8) is 0 Å². The lowest BCUT2D eigenvalue weighted by Gasteiger charge is -2.18. The number of rotatable bonds is 12. The summed E-state index contributed by atoms with van der Waals surface area (Å²) in [6.07, 6.45) is 1.09. The number of hydrogen-bond acceptors (Lipinski definition) is 6. The Balaban J connectivity index is 1.76. The number of halogens is 3. The third kappa shape index (κ3) is 7.75. The summed E-state index contributed by atoms with van der Waals surface area (Å²) in [4.78, 5) is 27.8. The molecule has 3 rings (SSSR count). The molecule has 1 aromatic heterocycles. The molecule has 208 valence electrons. The second-order valence-corrected chi connectivity index (χ2v) is 10.0. The zero-order chi connectivity index (χ0) is 28.7. The first-order valence-corrected chi connectivity index (χ1v) is 13.0. The van der Waals surface area contributed by atoms with Gasteiger partial charge in [-0.3, -0.25) is 10.1 Å². The van der Waals surface area contributed by atoms with E-state index in [9.17, 15) is 18.4 Å². The van der Waals surface area contributed by atoms with Crippen molar-refractivity contribution in [2.45, 2.75) is 33.3 Å². The van der Waals surface area contributed by atoms with Crippen LogP contribution < -0.4 is 5.32 Å². The standard InChI is InChI=1S/C28H29F3N2O5S/c1-15(2)8-9-38-13-24(37-4)19-7-5-6-18(25(19)31)23-14-39-28(32-23)33-26(34)17-11-21(29)20(22(30)12-17)10-16(3)27(35)36/h5-7,10-12,14-15,24H,8-9,13H2,1-4H3,(H,35,36)(H,32,33,34). The number of carbonyl (C=O) groups excluding carboxylic acids is 1. The molecule has 0 aliphatic carbocycles. The first kappa shape index (κ1) is 30.0. The molecule has 1 heterocycles. The topological polar surface area (TPSA) is 97.8 Å². The van der Waals surface area contributed by atoms with Gasteiger partial charge in [-0.15, -0.1) is 11.3 Å². The van der Waals surface area contributed by atoms with Gasteiger partial charge in [-0.05, 0) is 43.5 Å². The number of benzene rings is 2. The fourth-order valence-electron chi connectivity index (χ4n) is 3.55. The fourth-order valence-corrected chi connectivity index (χ4v) is 4.25. The first-order chi connectivity index (χ1) is 18.5. The van der Waals surface area contributed by atoms with Crippen LogP contribution in [0.2, 0.25) is 0 Å². The van der Waals surface area contributed by atoms with Crippen LogP contribution >= 0.6 is 11.3 Å². The number of hydrogen-bond donors (Lipinski definition) is 2. The van der Waals surface area contributed by atoms with Gasteiger partial charge in [0.15, 0.2) is 5.13 Å². The molecule has 0 aliphatic rings. The molecule has 3 aromatic rings. The summed E-state index contributed by atoms with van der Waals surface area (Å²) in [6.45, 7) is 6.07. The number of thiazole rings is 1. The second-order valence-electron chi connectivity index (χ2n) is 9.17. The highest BCUT2D eigenvalue weighted by atomic mass is 32.1. The van der Waals surface area contributed by atoms with Crippen LogP contribution in [-0.4, -0.2) is 42.3 Å². The second kappa shape index (κ2) is 13.5. The highest BCUT2D eigenvalue weighted by molar-refractivity contribution is 7.14. The molecule has 0 bridgehead atoms. The SMILES string of the molecule is COC(COCCC(C)C)c1cccc(-c2csc(NC(=O)c3cc(F)c(C=C(C)C(=O)O)c(F)c3)n2)c1F. The first-order valence-electron chi connectivity index (χ1n) is 12.1. The molecule has 1 atom stereocenters. The van der Waals surface area contributed by atoms with Crippen molar-refractivity contribution in [1.29, 1.82) is 0 Å². The Kier molecular flexibility index (Phi) is 10.4. The van der Waals surface area contributed by atoms with Crippen LogP contribution in [0.3, 0.4) is 0 Å². The van der Waals surface area contributed by atoms with Gasteiger partial charge in [0.1, 0.15) is 23.6 Å². The van der Waals surface area contributed by atoms with Crippen molar-refractivity contribution in [3.05, 3.63) is 75.4 Å². The molecule has 0 spiro atoms. The zero-order valence-corrected chi connectivity index (χ0v) is 22.7. The number of amides is 1. The van der Waals surface area contributed by atoms with Gasteiger partial charge in [0.05, 0.1) is 12.3 Å². The normalized spacial score (nSPS) is 12.6. The maximum atomic E-state index is 15.5. The summed E-state index contributed by atoms with van der Waals surface area (Å²) < 4.78 is 55.4. The molecule has 0 radical (unpaired) electrons. The summed E-state index contributed by atoms with van der Waals surface area (Å²) in [5, 5.41) is 13.0.